The molecule has 1 aromatic rings. The molecule has 1 saturated heterocycles. The van der Waals surface area contributed by atoms with Crippen LogP contribution in [-0.4, -0.2) is 46.5 Å². The van der Waals surface area contributed by atoms with Crippen molar-refractivity contribution in [2.45, 2.75) is 19.9 Å². The molecule has 134 valence electrons. The van der Waals surface area contributed by atoms with E-state index in [2.05, 4.69) is 0 Å². The molecule has 1 fully saturated rings. The molecule has 1 aromatic carbocycles. The molecule has 2 rings (SSSR count). The first-order valence-electron chi connectivity index (χ1n) is 7.52. The van der Waals surface area contributed by atoms with Gasteiger partial charge in [0.25, 0.3) is 5.91 Å². The zero-order valence-corrected chi connectivity index (χ0v) is 15.9. The maximum atomic E-state index is 12.7. The van der Waals surface area contributed by atoms with Crippen molar-refractivity contribution in [2.75, 3.05) is 14.2 Å². The molecule has 0 bridgehead atoms. The minimum atomic E-state index is -1.08. The summed E-state index contributed by atoms with van der Waals surface area (Å²) in [6.45, 7) is 3.48. The maximum Gasteiger partial charge on any atom is 0.327 e. The minimum absolute atomic E-state index is 0.235. The molecule has 0 radical (unpaired) electrons. The van der Waals surface area contributed by atoms with Crippen molar-refractivity contribution in [3.05, 3.63) is 28.7 Å². The van der Waals surface area contributed by atoms with Gasteiger partial charge in [-0.15, -0.1) is 0 Å². The molecule has 1 aliphatic rings. The number of rotatable bonds is 6. The molecular weight excluding hydrogens is 362 g/mol. The molecule has 1 atom stereocenters. The summed E-state index contributed by atoms with van der Waals surface area (Å²) in [6.07, 6.45) is 1.64. The van der Waals surface area contributed by atoms with Crippen LogP contribution in [-0.2, 0) is 9.59 Å². The molecule has 1 aliphatic heterocycles. The number of thioether (sulfide) groups is 1. The van der Waals surface area contributed by atoms with Crippen molar-refractivity contribution in [2.24, 2.45) is 5.92 Å². The first-order valence-corrected chi connectivity index (χ1v) is 8.74. The predicted octanol–water partition coefficient (Wildman–Crippen LogP) is 3.01. The van der Waals surface area contributed by atoms with Gasteiger partial charge in [-0.25, -0.2) is 4.79 Å². The van der Waals surface area contributed by atoms with Gasteiger partial charge in [-0.05, 0) is 30.2 Å². The molecule has 6 nitrogen and oxygen atoms in total. The molecule has 0 saturated carbocycles. The number of hydrogen-bond acceptors (Lipinski definition) is 6. The topological polar surface area (TPSA) is 76.1 Å². The Morgan fingerprint density at radius 3 is 2.52 bits per heavy atom. The monoisotopic (exact) mass is 381 g/mol. The SMILES string of the molecule is COc1ccc(OC)c(/C=C2\SC(=S)N([C@@H](C(=O)O)C(C)C)C2=O)c1. The van der Waals surface area contributed by atoms with Crippen LogP contribution in [0.25, 0.3) is 6.08 Å². The first-order chi connectivity index (χ1) is 11.8. The van der Waals surface area contributed by atoms with Gasteiger partial charge in [0.15, 0.2) is 0 Å². The average molecular weight is 381 g/mol. The lowest BCUT2D eigenvalue weighted by molar-refractivity contribution is -0.146. The van der Waals surface area contributed by atoms with E-state index in [1.165, 1.54) is 12.0 Å². The number of benzene rings is 1. The number of carboxylic acids is 1. The summed E-state index contributed by atoms with van der Waals surface area (Å²) in [5, 5.41) is 9.45. The van der Waals surface area contributed by atoms with Crippen molar-refractivity contribution in [1.82, 2.24) is 4.90 Å². The molecule has 0 unspecified atom stereocenters. The lowest BCUT2D eigenvalue weighted by atomic mass is 10.0. The first kappa shape index (κ1) is 19.3. The van der Waals surface area contributed by atoms with E-state index in [1.54, 1.807) is 45.2 Å². The van der Waals surface area contributed by atoms with E-state index >= 15 is 0 Å². The number of ether oxygens (including phenoxy) is 2. The summed E-state index contributed by atoms with van der Waals surface area (Å²) in [4.78, 5) is 25.8. The fraction of sp³-hybridized carbons (Fsp3) is 0.353. The van der Waals surface area contributed by atoms with Crippen LogP contribution in [0.2, 0.25) is 0 Å². The Morgan fingerprint density at radius 2 is 2.00 bits per heavy atom. The van der Waals surface area contributed by atoms with Crippen LogP contribution in [0.3, 0.4) is 0 Å². The second-order valence-electron chi connectivity index (χ2n) is 5.69. The van der Waals surface area contributed by atoms with Crippen LogP contribution in [0.5, 0.6) is 11.5 Å². The Morgan fingerprint density at radius 1 is 1.32 bits per heavy atom. The molecule has 0 aliphatic carbocycles. The highest BCUT2D eigenvalue weighted by molar-refractivity contribution is 8.26. The van der Waals surface area contributed by atoms with E-state index in [4.69, 9.17) is 21.7 Å². The van der Waals surface area contributed by atoms with E-state index in [0.717, 1.165) is 11.8 Å². The quantitative estimate of drug-likeness (QED) is 0.599. The van der Waals surface area contributed by atoms with Gasteiger partial charge in [-0.1, -0.05) is 37.8 Å². The zero-order chi connectivity index (χ0) is 18.7. The van der Waals surface area contributed by atoms with Gasteiger partial charge in [0.05, 0.1) is 19.1 Å². The Labute approximate surface area is 155 Å². The van der Waals surface area contributed by atoms with Crippen LogP contribution in [0, 0.1) is 5.92 Å². The number of nitrogens with zero attached hydrogens (tertiary/aromatic N) is 1. The van der Waals surface area contributed by atoms with Gasteiger partial charge in [0.1, 0.15) is 21.9 Å². The number of thiocarbonyl (C=S) groups is 1. The van der Waals surface area contributed by atoms with E-state index in [0.29, 0.717) is 22.0 Å². The summed E-state index contributed by atoms with van der Waals surface area (Å²) < 4.78 is 10.7. The number of aliphatic carboxylic acids is 1. The average Bonchev–Trinajstić information content (AvgIpc) is 2.82. The van der Waals surface area contributed by atoms with E-state index < -0.39 is 17.9 Å². The summed E-state index contributed by atoms with van der Waals surface area (Å²) in [6, 6.07) is 4.23. The van der Waals surface area contributed by atoms with Gasteiger partial charge < -0.3 is 14.6 Å². The molecule has 0 aromatic heterocycles. The number of carboxylic acid groups (broad SMARTS) is 1. The van der Waals surface area contributed by atoms with E-state index in [1.807, 2.05) is 0 Å². The zero-order valence-electron chi connectivity index (χ0n) is 14.3. The summed E-state index contributed by atoms with van der Waals surface area (Å²) in [5.41, 5.74) is 0.652. The van der Waals surface area contributed by atoms with Gasteiger partial charge in [-0.2, -0.15) is 0 Å². The molecular formula is C17H19NO5S2. The third-order valence-corrected chi connectivity index (χ3v) is 5.04. The fourth-order valence-corrected chi connectivity index (χ4v) is 3.83. The largest absolute Gasteiger partial charge is 0.497 e. The fourth-order valence-electron chi connectivity index (χ4n) is 2.51. The standard InChI is InChI=1S/C17H19NO5S2/c1-9(2)14(16(20)21)18-15(19)13(25-17(18)24)8-10-7-11(22-3)5-6-12(10)23-4/h5-9,14H,1-4H3,(H,20,21)/b13-8-/t14-/m1/s1. The van der Waals surface area contributed by atoms with Crippen LogP contribution in [0.1, 0.15) is 19.4 Å². The summed E-state index contributed by atoms with van der Waals surface area (Å²) in [5.74, 6) is -0.573. The van der Waals surface area contributed by atoms with Crippen molar-refractivity contribution in [3.63, 3.8) is 0 Å². The highest BCUT2D eigenvalue weighted by Crippen LogP contribution is 2.37. The Bertz CT molecular complexity index is 745. The molecule has 25 heavy (non-hydrogen) atoms. The van der Waals surface area contributed by atoms with Crippen molar-refractivity contribution in [3.8, 4) is 11.5 Å². The molecule has 1 N–H and O–H groups in total. The highest BCUT2D eigenvalue weighted by atomic mass is 32.2. The van der Waals surface area contributed by atoms with Gasteiger partial charge >= 0.3 is 5.97 Å². The predicted molar refractivity (Wildman–Crippen MR) is 101 cm³/mol. The highest BCUT2D eigenvalue weighted by Gasteiger charge is 2.41. The number of hydrogen-bond donors (Lipinski definition) is 1. The molecule has 1 amide bonds. The third kappa shape index (κ3) is 3.96. The third-order valence-electron chi connectivity index (χ3n) is 3.71. The second kappa shape index (κ2) is 7.88. The lowest BCUT2D eigenvalue weighted by Crippen LogP contribution is -2.47. The van der Waals surface area contributed by atoms with Crippen LogP contribution < -0.4 is 9.47 Å². The number of carbonyl (C=O) groups excluding carboxylic acids is 1. The van der Waals surface area contributed by atoms with Gasteiger partial charge in [0, 0.05) is 5.56 Å². The molecule has 8 heteroatoms. The number of amides is 1. The van der Waals surface area contributed by atoms with Crippen LogP contribution in [0.4, 0.5) is 0 Å². The maximum absolute atomic E-state index is 12.7. The van der Waals surface area contributed by atoms with E-state index in [-0.39, 0.29) is 10.2 Å². The van der Waals surface area contributed by atoms with Crippen molar-refractivity contribution in [1.29, 1.82) is 0 Å². The van der Waals surface area contributed by atoms with Gasteiger partial charge in [-0.3, -0.25) is 9.69 Å². The second-order valence-corrected chi connectivity index (χ2v) is 7.36. The van der Waals surface area contributed by atoms with E-state index in [9.17, 15) is 14.7 Å². The van der Waals surface area contributed by atoms with Crippen molar-refractivity contribution >= 4 is 46.3 Å². The Balaban J connectivity index is 2.42. The summed E-state index contributed by atoms with van der Waals surface area (Å²) >= 11 is 6.33. The van der Waals surface area contributed by atoms with Crippen LogP contribution in [0.15, 0.2) is 23.1 Å². The Kier molecular flexibility index (Phi) is 6.07. The number of carbonyl (C=O) groups is 2. The number of methoxy groups -OCH3 is 2. The van der Waals surface area contributed by atoms with Crippen LogP contribution >= 0.6 is 24.0 Å². The normalized spacial score (nSPS) is 17.3. The summed E-state index contributed by atoms with van der Waals surface area (Å²) in [7, 11) is 3.08. The Hall–Kier alpha value is -2.06. The van der Waals surface area contributed by atoms with Crippen molar-refractivity contribution < 1.29 is 24.2 Å². The molecule has 0 spiro atoms. The van der Waals surface area contributed by atoms with Gasteiger partial charge in [0.2, 0.25) is 0 Å². The smallest absolute Gasteiger partial charge is 0.327 e. The molecule has 1 heterocycles. The minimum Gasteiger partial charge on any atom is -0.497 e. The lowest BCUT2D eigenvalue weighted by Gasteiger charge is -2.26.